The van der Waals surface area contributed by atoms with E-state index in [1.807, 2.05) is 0 Å². The molecule has 0 saturated heterocycles. The van der Waals surface area contributed by atoms with Gasteiger partial charge in [0.05, 0.1) is 0 Å². The Morgan fingerprint density at radius 3 is 2.44 bits per heavy atom. The van der Waals surface area contributed by atoms with Gasteiger partial charge in [-0.2, -0.15) is 0 Å². The van der Waals surface area contributed by atoms with Crippen molar-refractivity contribution >= 4 is 5.67 Å². The predicted molar refractivity (Wildman–Crippen MR) is 21.6 cm³/mol. The van der Waals surface area contributed by atoms with Crippen LogP contribution in [0.5, 0.6) is 0 Å². The molecule has 0 unspecified atom stereocenters. The van der Waals surface area contributed by atoms with E-state index in [4.69, 9.17) is 10.2 Å². The first-order valence-corrected chi connectivity index (χ1v) is 6.83. The van der Waals surface area contributed by atoms with Crippen molar-refractivity contribution in [1.82, 2.24) is 0 Å². The molecule has 9 heavy (non-hydrogen) atoms. The van der Waals surface area contributed by atoms with Gasteiger partial charge in [0.25, 0.3) is 0 Å². The van der Waals surface area contributed by atoms with Crippen LogP contribution < -0.4 is 0 Å². The van der Waals surface area contributed by atoms with Gasteiger partial charge >= 0.3 is 65.8 Å². The Bertz CT molecular complexity index is 121. The van der Waals surface area contributed by atoms with Crippen molar-refractivity contribution in [1.29, 1.82) is 0 Å². The van der Waals surface area contributed by atoms with E-state index in [0.717, 1.165) is 0 Å². The molecule has 0 aromatic carbocycles. The quantitative estimate of drug-likeness (QED) is 0.691. The van der Waals surface area contributed by atoms with E-state index in [9.17, 15) is 9.59 Å². The van der Waals surface area contributed by atoms with E-state index in [1.54, 1.807) is 0 Å². The third kappa shape index (κ3) is 5.87. The molecule has 6 heteroatoms. The molecular formula is C3H4O5Pa. The van der Waals surface area contributed by atoms with Gasteiger partial charge in [0.2, 0.25) is 0 Å². The van der Waals surface area contributed by atoms with Crippen LogP contribution in [0.4, 0.5) is 9.59 Å². The van der Waals surface area contributed by atoms with E-state index >= 15 is 0 Å². The van der Waals surface area contributed by atoms with Crippen LogP contribution in [0.1, 0.15) is 0 Å². The van der Waals surface area contributed by atoms with E-state index in [2.05, 4.69) is 4.74 Å². The van der Waals surface area contributed by atoms with Crippen molar-refractivity contribution in [2.24, 2.45) is 0 Å². The average molecular weight is 351 g/mol. The Morgan fingerprint density at radius 2 is 2.11 bits per heavy atom. The molecule has 2 N–H and O–H groups in total. The first-order valence-electron chi connectivity index (χ1n) is 2.02. The number of aliphatic hydroxyl groups excluding tert-OH is 1. The van der Waals surface area contributed by atoms with E-state index in [1.165, 1.54) is 0 Å². The zero-order chi connectivity index (χ0) is 7.28. The standard InChI is InChI=1S/C2H3O3.CHO2.Pa/c3-1-5-2-4;2-1-3;/h3H,1H2;(H,2,3);. The Balaban J connectivity index is 3.39. The van der Waals surface area contributed by atoms with Crippen molar-refractivity contribution in [2.45, 2.75) is 0 Å². The Kier molecular flexibility index (Phi) is 4.83. The average Bonchev–Trinajstić information content (AvgIpc) is 1.63. The first-order chi connectivity index (χ1) is 4.16. The zero-order valence-corrected chi connectivity index (χ0v) is 9.21. The van der Waals surface area contributed by atoms with Gasteiger partial charge in [-0.1, -0.05) is 0 Å². The number of ether oxygens (including phenoxy) is 1. The summed E-state index contributed by atoms with van der Waals surface area (Å²) >= 11 is -2.50. The maximum absolute atomic E-state index is 10.2. The second kappa shape index (κ2) is 4.83. The molecule has 0 heterocycles. The number of rotatable bonds is 3. The number of hydrogen-bond donors (Lipinski definition) is 2. The topological polar surface area (TPSA) is 83.8 Å². The molecule has 0 bridgehead atoms. The summed E-state index contributed by atoms with van der Waals surface area (Å²) in [6, 6.07) is 0. The number of carbonyl (C=O) groups excluding carboxylic acids is 1. The molecule has 0 saturated carbocycles. The van der Waals surface area contributed by atoms with Crippen molar-refractivity contribution < 1.29 is 53.4 Å². The predicted octanol–water partition coefficient (Wildman–Crippen LogP) is -0.164. The monoisotopic (exact) mass is 351 g/mol. The van der Waals surface area contributed by atoms with Gasteiger partial charge in [0.1, 0.15) is 0 Å². The molecule has 0 aliphatic carbocycles. The molecule has 49 valence electrons. The Labute approximate surface area is 65.8 Å². The summed E-state index contributed by atoms with van der Waals surface area (Å²) in [4.78, 5) is 20.0. The number of aliphatic hydroxyl groups is 1. The third-order valence-corrected chi connectivity index (χ3v) is 3.15. The molecule has 5 nitrogen and oxygen atoms in total. The molecular weight excluding hydrogens is 347 g/mol. The molecule has 0 aliphatic heterocycles. The minimum absolute atomic E-state index is 0.717. The zero-order valence-electron chi connectivity index (χ0n) is 4.40. The fourth-order valence-electron chi connectivity index (χ4n) is 0.206. The minimum atomic E-state index is -2.50. The molecule has 0 aromatic rings. The van der Waals surface area contributed by atoms with Crippen molar-refractivity contribution in [2.75, 3.05) is 6.79 Å². The summed E-state index contributed by atoms with van der Waals surface area (Å²) in [5.41, 5.74) is 0. The van der Waals surface area contributed by atoms with Gasteiger partial charge in [-0.3, -0.25) is 0 Å². The SMILES string of the molecule is O=[C](O)[Pa][C](=O)OCO. The molecule has 0 atom stereocenters. The molecule has 0 amide bonds. The second-order valence-corrected chi connectivity index (χ2v) is 6.30. The van der Waals surface area contributed by atoms with Gasteiger partial charge in [0.15, 0.2) is 0 Å². The van der Waals surface area contributed by atoms with Gasteiger partial charge in [-0.25, -0.2) is 0 Å². The molecule has 0 fully saturated rings. The normalized spacial score (nSPS) is 7.67. The van der Waals surface area contributed by atoms with E-state index in [-0.39, 0.29) is 0 Å². The summed E-state index contributed by atoms with van der Waals surface area (Å²) in [6.07, 6.45) is 0. The summed E-state index contributed by atoms with van der Waals surface area (Å²) in [6.45, 7) is -0.717. The van der Waals surface area contributed by atoms with Gasteiger partial charge in [-0.15, -0.1) is 0 Å². The van der Waals surface area contributed by atoms with Crippen LogP contribution >= 0.6 is 0 Å². The fourth-order valence-corrected chi connectivity index (χ4v) is 1.70. The summed E-state index contributed by atoms with van der Waals surface area (Å²) in [5.74, 6) is 0. The summed E-state index contributed by atoms with van der Waals surface area (Å²) in [5, 5.41) is 16.0. The van der Waals surface area contributed by atoms with E-state index < -0.39 is 41.3 Å². The van der Waals surface area contributed by atoms with Gasteiger partial charge in [-0.05, 0) is 0 Å². The van der Waals surface area contributed by atoms with Gasteiger partial charge in [0, 0.05) is 0 Å². The van der Waals surface area contributed by atoms with Crippen LogP contribution in [0.15, 0.2) is 0 Å². The van der Waals surface area contributed by atoms with Crippen molar-refractivity contribution in [3.63, 3.8) is 0 Å². The molecule has 0 aliphatic rings. The van der Waals surface area contributed by atoms with Crippen LogP contribution in [0.3, 0.4) is 0 Å². The van der Waals surface area contributed by atoms with Crippen LogP contribution in [0.2, 0.25) is 0 Å². The Hall–Kier alpha value is -0.00909. The van der Waals surface area contributed by atoms with E-state index in [0.29, 0.717) is 0 Å². The number of hydrogen-bond acceptors (Lipinski definition) is 4. The molecule has 0 spiro atoms. The Morgan fingerprint density at radius 1 is 1.56 bits per heavy atom. The van der Waals surface area contributed by atoms with Crippen LogP contribution in [0, 0.1) is 28.8 Å². The van der Waals surface area contributed by atoms with Gasteiger partial charge < -0.3 is 0 Å². The van der Waals surface area contributed by atoms with Crippen molar-refractivity contribution in [3.8, 4) is 0 Å². The van der Waals surface area contributed by atoms with Crippen LogP contribution in [-0.4, -0.2) is 22.7 Å². The third-order valence-electron chi connectivity index (χ3n) is 0.448. The maximum atomic E-state index is 10.2. The summed E-state index contributed by atoms with van der Waals surface area (Å²) in [7, 11) is 0. The second-order valence-electron chi connectivity index (χ2n) is 1.08. The molecule has 0 rings (SSSR count). The number of carboxylic acid groups (broad SMARTS) is 1. The van der Waals surface area contributed by atoms with Crippen LogP contribution in [-0.2, 0) is 4.74 Å². The molecule has 0 aromatic heterocycles. The van der Waals surface area contributed by atoms with Crippen LogP contribution in [0.25, 0.3) is 0 Å². The fraction of sp³-hybridized carbons (Fsp3) is 0.333. The molecule has 0 radical (unpaired) electrons. The first kappa shape index (κ1) is 8.99. The number of carbonyl (C=O) groups is 2. The summed E-state index contributed by atoms with van der Waals surface area (Å²) < 4.78 is 2.21. The van der Waals surface area contributed by atoms with Crippen molar-refractivity contribution in [3.05, 3.63) is 0 Å².